The molecule has 4 aromatic rings. The van der Waals surface area contributed by atoms with Crippen molar-refractivity contribution in [3.05, 3.63) is 113 Å². The molecule has 0 fully saturated rings. The molecule has 0 atom stereocenters. The van der Waals surface area contributed by atoms with E-state index < -0.39 is 17.6 Å². The van der Waals surface area contributed by atoms with E-state index in [1.165, 1.54) is 12.0 Å². The molecule has 0 heterocycles. The fraction of sp³-hybridized carbons (Fsp3) is 0.289. The van der Waals surface area contributed by atoms with Gasteiger partial charge in [0, 0.05) is 19.2 Å². The van der Waals surface area contributed by atoms with E-state index in [0.717, 1.165) is 11.1 Å². The van der Waals surface area contributed by atoms with Gasteiger partial charge in [0.05, 0.1) is 30.7 Å². The monoisotopic (exact) mass is 653 g/mol. The van der Waals surface area contributed by atoms with Crippen LogP contribution in [-0.4, -0.2) is 50.8 Å². The second-order valence-electron chi connectivity index (χ2n) is 12.1. The Labute approximate surface area is 282 Å². The van der Waals surface area contributed by atoms with Gasteiger partial charge in [-0.1, -0.05) is 48.5 Å². The van der Waals surface area contributed by atoms with Gasteiger partial charge in [-0.2, -0.15) is 0 Å². The first kappa shape index (κ1) is 35.3. The van der Waals surface area contributed by atoms with Crippen LogP contribution >= 0.6 is 0 Å². The summed E-state index contributed by atoms with van der Waals surface area (Å²) >= 11 is 0. The molecule has 0 radical (unpaired) electrons. The van der Waals surface area contributed by atoms with Gasteiger partial charge in [-0.3, -0.25) is 9.59 Å². The van der Waals surface area contributed by atoms with Crippen molar-refractivity contribution in [1.29, 1.82) is 0 Å². The Kier molecular flexibility index (Phi) is 12.0. The molecule has 0 saturated heterocycles. The van der Waals surface area contributed by atoms with Crippen LogP contribution in [0.4, 0.5) is 16.2 Å². The van der Waals surface area contributed by atoms with E-state index in [-0.39, 0.29) is 12.5 Å². The van der Waals surface area contributed by atoms with E-state index in [1.807, 2.05) is 55.5 Å². The molecule has 252 valence electrons. The molecule has 0 saturated carbocycles. The molecule has 2 N–H and O–H groups in total. The summed E-state index contributed by atoms with van der Waals surface area (Å²) in [7, 11) is 3.16. The predicted molar refractivity (Wildman–Crippen MR) is 186 cm³/mol. The molecule has 0 aromatic heterocycles. The number of carbonyl (C=O) groups excluding carboxylic acids is 3. The second-order valence-corrected chi connectivity index (χ2v) is 12.1. The number of methoxy groups -OCH3 is 1. The van der Waals surface area contributed by atoms with Gasteiger partial charge in [-0.25, -0.2) is 4.79 Å². The summed E-state index contributed by atoms with van der Waals surface area (Å²) in [5, 5.41) is 5.55. The Morgan fingerprint density at radius 3 is 2.27 bits per heavy atom. The molecular formula is C38H43N3O7. The molecule has 0 spiro atoms. The number of alkyl carbamates (subject to hydrolysis) is 1. The van der Waals surface area contributed by atoms with Crippen molar-refractivity contribution in [2.45, 2.75) is 46.3 Å². The highest BCUT2D eigenvalue weighted by molar-refractivity contribution is 6.09. The fourth-order valence-corrected chi connectivity index (χ4v) is 4.71. The van der Waals surface area contributed by atoms with Gasteiger partial charge in [0.15, 0.2) is 0 Å². The first-order valence-electron chi connectivity index (χ1n) is 15.7. The smallest absolute Gasteiger partial charge is 0.407 e. The Morgan fingerprint density at radius 2 is 1.54 bits per heavy atom. The predicted octanol–water partition coefficient (Wildman–Crippen LogP) is 7.41. The maximum absolute atomic E-state index is 13.7. The zero-order valence-corrected chi connectivity index (χ0v) is 28.3. The SMILES string of the molecule is COc1cc(C(=O)N(C)c2ccc(C)cc2OCc2ccccc2)ccc1NC(=O)c1ccccc1OCCCNC(=O)OC(C)(C)C. The largest absolute Gasteiger partial charge is 0.495 e. The Bertz CT molecular complexity index is 1720. The third-order valence-electron chi connectivity index (χ3n) is 7.09. The summed E-state index contributed by atoms with van der Waals surface area (Å²) in [5.74, 6) is 0.610. The lowest BCUT2D eigenvalue weighted by Gasteiger charge is -2.22. The minimum atomic E-state index is -0.578. The third kappa shape index (κ3) is 9.99. The highest BCUT2D eigenvalue weighted by Gasteiger charge is 2.21. The van der Waals surface area contributed by atoms with Crippen molar-refractivity contribution in [3.63, 3.8) is 0 Å². The standard InChI is InChI=1S/C38H43N3O7/c1-26-17-20-31(34(23-26)47-25-27-13-8-7-9-14-27)41(5)36(43)28-18-19-30(33(24-28)45-6)40-35(42)29-15-10-11-16-32(29)46-22-12-21-39-37(44)48-38(2,3)4/h7-11,13-20,23-24H,12,21-22,25H2,1-6H3,(H,39,44)(H,40,42). The Morgan fingerprint density at radius 1 is 0.812 bits per heavy atom. The molecule has 0 unspecified atom stereocenters. The lowest BCUT2D eigenvalue weighted by Crippen LogP contribution is -2.33. The molecule has 4 rings (SSSR count). The quantitative estimate of drug-likeness (QED) is 0.145. The molecule has 3 amide bonds. The molecule has 10 heteroatoms. The van der Waals surface area contributed by atoms with Gasteiger partial charge >= 0.3 is 6.09 Å². The maximum atomic E-state index is 13.7. The average molecular weight is 654 g/mol. The van der Waals surface area contributed by atoms with Crippen LogP contribution in [-0.2, 0) is 11.3 Å². The number of benzene rings is 4. The van der Waals surface area contributed by atoms with Gasteiger partial charge in [-0.05, 0) is 87.7 Å². The fourth-order valence-electron chi connectivity index (χ4n) is 4.71. The highest BCUT2D eigenvalue weighted by Crippen LogP contribution is 2.33. The molecule has 4 aromatic carbocycles. The van der Waals surface area contributed by atoms with Crippen molar-refractivity contribution in [2.75, 3.05) is 37.5 Å². The van der Waals surface area contributed by atoms with Gasteiger partial charge in [0.1, 0.15) is 29.5 Å². The number of nitrogens with zero attached hydrogens (tertiary/aromatic N) is 1. The van der Waals surface area contributed by atoms with Crippen molar-refractivity contribution >= 4 is 29.3 Å². The van der Waals surface area contributed by atoms with Crippen LogP contribution in [0.1, 0.15) is 59.0 Å². The van der Waals surface area contributed by atoms with E-state index in [1.54, 1.807) is 70.3 Å². The van der Waals surface area contributed by atoms with E-state index in [4.69, 9.17) is 18.9 Å². The molecular weight excluding hydrogens is 610 g/mol. The van der Waals surface area contributed by atoms with Gasteiger partial charge in [0.2, 0.25) is 0 Å². The third-order valence-corrected chi connectivity index (χ3v) is 7.09. The molecule has 0 bridgehead atoms. The Balaban J connectivity index is 1.41. The minimum Gasteiger partial charge on any atom is -0.495 e. The van der Waals surface area contributed by atoms with Crippen LogP contribution in [0, 0.1) is 6.92 Å². The van der Waals surface area contributed by atoms with E-state index >= 15 is 0 Å². The highest BCUT2D eigenvalue weighted by atomic mass is 16.6. The molecule has 0 aliphatic carbocycles. The van der Waals surface area contributed by atoms with Gasteiger partial charge < -0.3 is 34.5 Å². The van der Waals surface area contributed by atoms with E-state index in [9.17, 15) is 14.4 Å². The van der Waals surface area contributed by atoms with Crippen molar-refractivity contribution in [2.24, 2.45) is 0 Å². The summed E-state index contributed by atoms with van der Waals surface area (Å²) in [6, 6.07) is 27.2. The number of amides is 3. The van der Waals surface area contributed by atoms with Gasteiger partial charge in [0.25, 0.3) is 11.8 Å². The summed E-state index contributed by atoms with van der Waals surface area (Å²) in [6.07, 6.45) is 0.0132. The second kappa shape index (κ2) is 16.4. The average Bonchev–Trinajstić information content (AvgIpc) is 3.06. The molecule has 10 nitrogen and oxygen atoms in total. The Hall–Kier alpha value is -5.51. The van der Waals surface area contributed by atoms with E-state index in [0.29, 0.717) is 59.3 Å². The van der Waals surface area contributed by atoms with Crippen LogP contribution in [0.5, 0.6) is 17.2 Å². The summed E-state index contributed by atoms with van der Waals surface area (Å²) in [6.45, 7) is 8.35. The molecule has 48 heavy (non-hydrogen) atoms. The number of rotatable bonds is 13. The number of para-hydroxylation sites is 1. The van der Waals surface area contributed by atoms with Gasteiger partial charge in [-0.15, -0.1) is 0 Å². The summed E-state index contributed by atoms with van der Waals surface area (Å²) < 4.78 is 22.8. The van der Waals surface area contributed by atoms with Crippen LogP contribution in [0.15, 0.2) is 91.0 Å². The maximum Gasteiger partial charge on any atom is 0.407 e. The first-order valence-corrected chi connectivity index (χ1v) is 15.7. The van der Waals surface area contributed by atoms with Crippen molar-refractivity contribution < 1.29 is 33.3 Å². The van der Waals surface area contributed by atoms with Crippen LogP contribution in [0.3, 0.4) is 0 Å². The van der Waals surface area contributed by atoms with Crippen LogP contribution in [0.2, 0.25) is 0 Å². The number of anilines is 2. The zero-order valence-electron chi connectivity index (χ0n) is 28.3. The summed E-state index contributed by atoms with van der Waals surface area (Å²) in [4.78, 5) is 40.4. The number of ether oxygens (including phenoxy) is 4. The van der Waals surface area contributed by atoms with Crippen LogP contribution in [0.25, 0.3) is 0 Å². The topological polar surface area (TPSA) is 115 Å². The van der Waals surface area contributed by atoms with E-state index in [2.05, 4.69) is 10.6 Å². The van der Waals surface area contributed by atoms with Crippen LogP contribution < -0.4 is 29.7 Å². The number of nitrogens with one attached hydrogen (secondary N) is 2. The molecule has 0 aliphatic rings. The molecule has 0 aliphatic heterocycles. The van der Waals surface area contributed by atoms with Crippen molar-refractivity contribution in [3.8, 4) is 17.2 Å². The number of hydrogen-bond acceptors (Lipinski definition) is 7. The lowest BCUT2D eigenvalue weighted by atomic mass is 10.1. The summed E-state index contributed by atoms with van der Waals surface area (Å²) in [5.41, 5.74) is 3.14. The number of hydrogen-bond donors (Lipinski definition) is 2. The lowest BCUT2D eigenvalue weighted by molar-refractivity contribution is 0.0525. The number of carbonyl (C=O) groups is 3. The normalized spacial score (nSPS) is 10.9. The minimum absolute atomic E-state index is 0.272. The first-order chi connectivity index (χ1) is 22.9. The number of aryl methyl sites for hydroxylation is 1. The zero-order chi connectivity index (χ0) is 34.7. The van der Waals surface area contributed by atoms with Crippen molar-refractivity contribution in [1.82, 2.24) is 5.32 Å².